The normalized spacial score (nSPS) is 16.7. The molecule has 1 aliphatic rings. The summed E-state index contributed by atoms with van der Waals surface area (Å²) in [7, 11) is 0. The molecule has 2 rings (SSSR count). The van der Waals surface area contributed by atoms with Crippen molar-refractivity contribution in [2.24, 2.45) is 0 Å². The van der Waals surface area contributed by atoms with Crippen LogP contribution in [-0.2, 0) is 0 Å². The van der Waals surface area contributed by atoms with Gasteiger partial charge in [0.1, 0.15) is 4.88 Å². The van der Waals surface area contributed by atoms with Gasteiger partial charge in [0.2, 0.25) is 0 Å². The van der Waals surface area contributed by atoms with Gasteiger partial charge in [0.25, 0.3) is 0 Å². The fraction of sp³-hybridized carbons (Fsp3) is 0.556. The van der Waals surface area contributed by atoms with E-state index in [2.05, 4.69) is 15.2 Å². The molecule has 0 atom stereocenters. The van der Waals surface area contributed by atoms with Crippen molar-refractivity contribution < 1.29 is 9.90 Å². The van der Waals surface area contributed by atoms with Crippen LogP contribution < -0.4 is 10.2 Å². The first-order valence-electron chi connectivity index (χ1n) is 4.85. The molecule has 1 aliphatic heterocycles. The lowest BCUT2D eigenvalue weighted by Crippen LogP contribution is -2.43. The van der Waals surface area contributed by atoms with E-state index in [0.717, 1.165) is 31.3 Å². The SMILES string of the molecule is Cc1nc(N2CCNCC2)sc1C(=O)O. The van der Waals surface area contributed by atoms with Crippen LogP contribution in [0, 0.1) is 6.92 Å². The van der Waals surface area contributed by atoms with E-state index in [1.807, 2.05) is 0 Å². The van der Waals surface area contributed by atoms with Crippen LogP contribution in [0.15, 0.2) is 0 Å². The van der Waals surface area contributed by atoms with Crippen LogP contribution in [0.3, 0.4) is 0 Å². The molecule has 0 bridgehead atoms. The van der Waals surface area contributed by atoms with Crippen LogP contribution in [-0.4, -0.2) is 42.2 Å². The van der Waals surface area contributed by atoms with E-state index in [4.69, 9.17) is 5.11 Å². The zero-order chi connectivity index (χ0) is 10.8. The Labute approximate surface area is 91.7 Å². The average molecular weight is 227 g/mol. The molecular weight excluding hydrogens is 214 g/mol. The molecule has 0 amide bonds. The second-order valence-corrected chi connectivity index (χ2v) is 4.43. The zero-order valence-corrected chi connectivity index (χ0v) is 9.30. The van der Waals surface area contributed by atoms with Crippen LogP contribution in [0.5, 0.6) is 0 Å². The van der Waals surface area contributed by atoms with Crippen LogP contribution in [0.2, 0.25) is 0 Å². The van der Waals surface area contributed by atoms with Gasteiger partial charge in [0.05, 0.1) is 5.69 Å². The number of aromatic nitrogens is 1. The Bertz CT molecular complexity index is 371. The van der Waals surface area contributed by atoms with Crippen molar-refractivity contribution in [3.05, 3.63) is 10.6 Å². The van der Waals surface area contributed by atoms with Gasteiger partial charge in [-0.3, -0.25) is 0 Å². The topological polar surface area (TPSA) is 65.5 Å². The second-order valence-electron chi connectivity index (χ2n) is 3.45. The first-order valence-corrected chi connectivity index (χ1v) is 5.66. The van der Waals surface area contributed by atoms with Gasteiger partial charge in [-0.1, -0.05) is 11.3 Å². The summed E-state index contributed by atoms with van der Waals surface area (Å²) in [6.07, 6.45) is 0. The zero-order valence-electron chi connectivity index (χ0n) is 8.49. The summed E-state index contributed by atoms with van der Waals surface area (Å²) in [6.45, 7) is 5.39. The quantitative estimate of drug-likeness (QED) is 0.773. The Morgan fingerprint density at radius 3 is 2.73 bits per heavy atom. The van der Waals surface area contributed by atoms with Crippen LogP contribution in [0.4, 0.5) is 5.13 Å². The molecular formula is C9H13N3O2S. The van der Waals surface area contributed by atoms with Gasteiger partial charge in [-0.05, 0) is 6.92 Å². The molecule has 1 aromatic rings. The predicted octanol–water partition coefficient (Wildman–Crippen LogP) is 0.559. The molecule has 2 heterocycles. The molecule has 82 valence electrons. The molecule has 0 aliphatic carbocycles. The first-order chi connectivity index (χ1) is 7.18. The number of nitrogens with one attached hydrogen (secondary N) is 1. The summed E-state index contributed by atoms with van der Waals surface area (Å²) < 4.78 is 0. The number of hydrogen-bond donors (Lipinski definition) is 2. The van der Waals surface area contributed by atoms with Crippen molar-refractivity contribution in [1.82, 2.24) is 10.3 Å². The predicted molar refractivity (Wildman–Crippen MR) is 58.9 cm³/mol. The van der Waals surface area contributed by atoms with Gasteiger partial charge < -0.3 is 15.3 Å². The van der Waals surface area contributed by atoms with Crippen molar-refractivity contribution in [3.8, 4) is 0 Å². The van der Waals surface area contributed by atoms with Crippen LogP contribution in [0.25, 0.3) is 0 Å². The number of hydrogen-bond acceptors (Lipinski definition) is 5. The number of aryl methyl sites for hydroxylation is 1. The van der Waals surface area contributed by atoms with Gasteiger partial charge >= 0.3 is 5.97 Å². The second kappa shape index (κ2) is 4.16. The summed E-state index contributed by atoms with van der Waals surface area (Å²) >= 11 is 1.26. The maximum Gasteiger partial charge on any atom is 0.347 e. The number of carboxylic acid groups (broad SMARTS) is 1. The van der Waals surface area contributed by atoms with Gasteiger partial charge in [0, 0.05) is 26.2 Å². The van der Waals surface area contributed by atoms with E-state index >= 15 is 0 Å². The van der Waals surface area contributed by atoms with Crippen LogP contribution in [0.1, 0.15) is 15.4 Å². The first kappa shape index (κ1) is 10.4. The van der Waals surface area contributed by atoms with E-state index in [-0.39, 0.29) is 0 Å². The minimum absolute atomic E-state index is 0.350. The third-order valence-electron chi connectivity index (χ3n) is 2.37. The minimum atomic E-state index is -0.883. The third-order valence-corrected chi connectivity index (χ3v) is 3.57. The van der Waals surface area contributed by atoms with Crippen molar-refractivity contribution in [3.63, 3.8) is 0 Å². The van der Waals surface area contributed by atoms with Crippen LogP contribution >= 0.6 is 11.3 Å². The van der Waals surface area contributed by atoms with Crippen molar-refractivity contribution in [2.45, 2.75) is 6.92 Å². The van der Waals surface area contributed by atoms with Gasteiger partial charge in [-0.15, -0.1) is 0 Å². The van der Waals surface area contributed by atoms with E-state index in [9.17, 15) is 4.79 Å². The molecule has 1 saturated heterocycles. The fourth-order valence-corrected chi connectivity index (χ4v) is 2.53. The van der Waals surface area contributed by atoms with E-state index in [1.165, 1.54) is 11.3 Å². The van der Waals surface area contributed by atoms with Crippen molar-refractivity contribution >= 4 is 22.4 Å². The monoisotopic (exact) mass is 227 g/mol. The average Bonchev–Trinajstić information content (AvgIpc) is 2.62. The highest BCUT2D eigenvalue weighted by molar-refractivity contribution is 7.17. The molecule has 0 aromatic carbocycles. The summed E-state index contributed by atoms with van der Waals surface area (Å²) in [5, 5.41) is 13.0. The number of anilines is 1. The highest BCUT2D eigenvalue weighted by atomic mass is 32.1. The lowest BCUT2D eigenvalue weighted by atomic mass is 10.4. The number of aromatic carboxylic acids is 1. The van der Waals surface area contributed by atoms with Gasteiger partial charge in [-0.2, -0.15) is 0 Å². The molecule has 1 aromatic heterocycles. The fourth-order valence-electron chi connectivity index (χ4n) is 1.57. The van der Waals surface area contributed by atoms with Crippen molar-refractivity contribution in [1.29, 1.82) is 0 Å². The number of carboxylic acids is 1. The molecule has 1 fully saturated rings. The Morgan fingerprint density at radius 2 is 2.20 bits per heavy atom. The Kier molecular flexibility index (Phi) is 2.88. The molecule has 0 spiro atoms. The summed E-state index contributed by atoms with van der Waals surface area (Å²) in [4.78, 5) is 17.6. The molecule has 6 heteroatoms. The highest BCUT2D eigenvalue weighted by Crippen LogP contribution is 2.26. The Morgan fingerprint density at radius 1 is 1.53 bits per heavy atom. The lowest BCUT2D eigenvalue weighted by molar-refractivity contribution is 0.0701. The number of nitrogens with zero attached hydrogens (tertiary/aromatic N) is 2. The molecule has 0 unspecified atom stereocenters. The summed E-state index contributed by atoms with van der Waals surface area (Å²) in [5.74, 6) is -0.883. The molecule has 0 radical (unpaired) electrons. The number of rotatable bonds is 2. The maximum atomic E-state index is 10.9. The molecule has 15 heavy (non-hydrogen) atoms. The summed E-state index contributed by atoms with van der Waals surface area (Å²) in [5.41, 5.74) is 0.612. The van der Waals surface area contributed by atoms with Crippen molar-refractivity contribution in [2.75, 3.05) is 31.1 Å². The maximum absolute atomic E-state index is 10.9. The number of carbonyl (C=O) groups is 1. The Hall–Kier alpha value is -1.14. The van der Waals surface area contributed by atoms with E-state index in [1.54, 1.807) is 6.92 Å². The standard InChI is InChI=1S/C9H13N3O2S/c1-6-7(8(13)14)15-9(11-6)12-4-2-10-3-5-12/h10H,2-5H2,1H3,(H,13,14). The Balaban J connectivity index is 2.21. The smallest absolute Gasteiger partial charge is 0.347 e. The van der Waals surface area contributed by atoms with Gasteiger partial charge in [-0.25, -0.2) is 9.78 Å². The largest absolute Gasteiger partial charge is 0.477 e. The molecule has 0 saturated carbocycles. The minimum Gasteiger partial charge on any atom is -0.477 e. The number of piperazine rings is 1. The van der Waals surface area contributed by atoms with E-state index in [0.29, 0.717) is 10.6 Å². The highest BCUT2D eigenvalue weighted by Gasteiger charge is 2.19. The molecule has 2 N–H and O–H groups in total. The van der Waals surface area contributed by atoms with E-state index < -0.39 is 5.97 Å². The summed E-state index contributed by atoms with van der Waals surface area (Å²) in [6, 6.07) is 0. The number of thiazole rings is 1. The molecule has 5 nitrogen and oxygen atoms in total. The lowest BCUT2D eigenvalue weighted by Gasteiger charge is -2.26. The third kappa shape index (κ3) is 2.10. The van der Waals surface area contributed by atoms with Gasteiger partial charge in [0.15, 0.2) is 5.13 Å².